The zero-order valence-corrected chi connectivity index (χ0v) is 24.2. The summed E-state index contributed by atoms with van der Waals surface area (Å²) < 4.78 is 33.4. The van der Waals surface area contributed by atoms with Gasteiger partial charge in [-0.25, -0.2) is 0 Å². The number of carbonyl (C=O) groups is 2. The van der Waals surface area contributed by atoms with Gasteiger partial charge in [0.05, 0.1) is 11.7 Å². The van der Waals surface area contributed by atoms with Crippen LogP contribution in [0.4, 0.5) is 0 Å². The summed E-state index contributed by atoms with van der Waals surface area (Å²) in [7, 11) is 0. The number of aliphatic hydroxyl groups is 2. The molecule has 3 heterocycles. The van der Waals surface area contributed by atoms with Gasteiger partial charge in [-0.05, 0) is 37.8 Å². The maximum absolute atomic E-state index is 13.7. The molecule has 3 aliphatic carbocycles. The molecule has 0 radical (unpaired) electrons. The third kappa shape index (κ3) is 3.02. The van der Waals surface area contributed by atoms with E-state index in [1.54, 1.807) is 19.9 Å². The molecule has 0 spiro atoms. The highest BCUT2D eigenvalue weighted by atomic mass is 16.9. The summed E-state index contributed by atoms with van der Waals surface area (Å²) >= 11 is 0. The van der Waals surface area contributed by atoms with Crippen LogP contribution in [0.25, 0.3) is 0 Å². The van der Waals surface area contributed by atoms with Crippen LogP contribution in [-0.2, 0) is 39.2 Å². The maximum atomic E-state index is 13.7. The SMILES string of the molecule is C=C(C)[C@@]12O[C@@]3(c4ccccc4)O[C@@H]1[C@@H]1[C@@H]4O[C@]4(C)[C@@H](O)[C@]4(O)C(=O)C(C)=C[C@H]4[C@@]1(O3)[C@H](C)[C@@H]2OC(=O)CC(C)C. The van der Waals surface area contributed by atoms with Gasteiger partial charge in [-0.2, -0.15) is 0 Å². The lowest BCUT2D eigenvalue weighted by molar-refractivity contribution is -0.440. The number of ether oxygens (including phenoxy) is 5. The zero-order valence-electron chi connectivity index (χ0n) is 24.2. The summed E-state index contributed by atoms with van der Waals surface area (Å²) in [4.78, 5) is 27.0. The van der Waals surface area contributed by atoms with Crippen molar-refractivity contribution in [2.45, 2.75) is 101 Å². The lowest BCUT2D eigenvalue weighted by Crippen LogP contribution is -2.76. The maximum Gasteiger partial charge on any atom is 0.314 e. The van der Waals surface area contributed by atoms with E-state index < -0.39 is 82.3 Å². The molecule has 3 bridgehead atoms. The molecule has 5 fully saturated rings. The molecule has 6 aliphatic rings. The van der Waals surface area contributed by atoms with Gasteiger partial charge < -0.3 is 33.9 Å². The number of ketones is 1. The molecule has 0 aromatic heterocycles. The van der Waals surface area contributed by atoms with Crippen LogP contribution in [0, 0.1) is 23.7 Å². The first-order valence-electron chi connectivity index (χ1n) is 14.5. The average Bonchev–Trinajstić information content (AvgIpc) is 3.46. The van der Waals surface area contributed by atoms with Crippen molar-refractivity contribution in [3.8, 4) is 0 Å². The number of rotatable bonds is 5. The molecule has 1 aromatic carbocycles. The van der Waals surface area contributed by atoms with Gasteiger partial charge >= 0.3 is 11.9 Å². The Kier molecular flexibility index (Phi) is 5.46. The quantitative estimate of drug-likeness (QED) is 0.315. The van der Waals surface area contributed by atoms with Gasteiger partial charge in [0.1, 0.15) is 23.9 Å². The van der Waals surface area contributed by atoms with Gasteiger partial charge in [0.25, 0.3) is 0 Å². The third-order valence-corrected chi connectivity index (χ3v) is 10.7. The van der Waals surface area contributed by atoms with E-state index in [1.165, 1.54) is 0 Å². The van der Waals surface area contributed by atoms with Crippen LogP contribution >= 0.6 is 0 Å². The fourth-order valence-electron chi connectivity index (χ4n) is 8.77. The normalized spacial score (nSPS) is 50.5. The van der Waals surface area contributed by atoms with Crippen LogP contribution in [0.15, 0.2) is 54.1 Å². The average molecular weight is 567 g/mol. The molecule has 3 aliphatic heterocycles. The second-order valence-electron chi connectivity index (χ2n) is 13.5. The molecule has 9 nitrogen and oxygen atoms in total. The Bertz CT molecular complexity index is 1390. The van der Waals surface area contributed by atoms with E-state index in [0.29, 0.717) is 16.7 Å². The van der Waals surface area contributed by atoms with Crippen LogP contribution in [0.3, 0.4) is 0 Å². The van der Waals surface area contributed by atoms with Crippen molar-refractivity contribution in [3.05, 3.63) is 59.7 Å². The van der Waals surface area contributed by atoms with Crippen molar-refractivity contribution in [1.82, 2.24) is 0 Å². The molecule has 12 atom stereocenters. The lowest BCUT2D eigenvalue weighted by Gasteiger charge is -2.61. The zero-order chi connectivity index (χ0) is 29.5. The Balaban J connectivity index is 1.52. The number of Topliss-reactive ketones (excluding diaryl/α,β-unsaturated/α-hetero) is 1. The van der Waals surface area contributed by atoms with Crippen LogP contribution in [0.1, 0.15) is 53.5 Å². The van der Waals surface area contributed by atoms with Crippen LogP contribution < -0.4 is 0 Å². The van der Waals surface area contributed by atoms with Crippen molar-refractivity contribution >= 4 is 11.8 Å². The number of hydrogen-bond donors (Lipinski definition) is 2. The molecule has 7 rings (SSSR count). The minimum Gasteiger partial charge on any atom is -0.458 e. The van der Waals surface area contributed by atoms with Gasteiger partial charge in [0.15, 0.2) is 17.0 Å². The standard InChI is InChI=1S/C32H38O9/c1-15(2)13-21(33)37-24-18(6)31-20-14-17(5)23(34)29(20,36)27(35)28(7)25(38-28)22(31)26-30(24,16(3)4)40-32(39-26,41-31)19-11-9-8-10-12-19/h8-12,14-15,18,20,22,24-27,35-36H,3,13H2,1-2,4-7H3/t18-,20-,22+,24+,25+,26-,27-,28+,29-,30+,31+,32-/m1/s1. The van der Waals surface area contributed by atoms with Gasteiger partial charge in [0.2, 0.25) is 0 Å². The smallest absolute Gasteiger partial charge is 0.314 e. The van der Waals surface area contributed by atoms with Crippen molar-refractivity contribution < 1.29 is 43.5 Å². The summed E-state index contributed by atoms with van der Waals surface area (Å²) in [5, 5.41) is 24.0. The molecule has 41 heavy (non-hydrogen) atoms. The Morgan fingerprint density at radius 3 is 2.46 bits per heavy atom. The van der Waals surface area contributed by atoms with Crippen molar-refractivity contribution in [2.75, 3.05) is 0 Å². The van der Waals surface area contributed by atoms with Crippen molar-refractivity contribution in [3.63, 3.8) is 0 Å². The topological polar surface area (TPSA) is 124 Å². The lowest BCUT2D eigenvalue weighted by atomic mass is 9.53. The molecule has 0 amide bonds. The van der Waals surface area contributed by atoms with E-state index in [9.17, 15) is 19.8 Å². The first-order chi connectivity index (χ1) is 19.2. The molecule has 2 N–H and O–H groups in total. The van der Waals surface area contributed by atoms with Crippen LogP contribution in [-0.4, -0.2) is 68.8 Å². The second kappa shape index (κ2) is 8.15. The number of benzene rings is 1. The van der Waals surface area contributed by atoms with E-state index in [0.717, 1.165) is 0 Å². The summed E-state index contributed by atoms with van der Waals surface area (Å²) in [5.41, 5.74) is -4.73. The Morgan fingerprint density at radius 2 is 1.83 bits per heavy atom. The predicted molar refractivity (Wildman–Crippen MR) is 144 cm³/mol. The summed E-state index contributed by atoms with van der Waals surface area (Å²) in [6, 6.07) is 9.20. The van der Waals surface area contributed by atoms with Crippen LogP contribution in [0.2, 0.25) is 0 Å². The van der Waals surface area contributed by atoms with Gasteiger partial charge in [0, 0.05) is 29.7 Å². The highest BCUT2D eigenvalue weighted by Crippen LogP contribution is 2.74. The Labute approximate surface area is 239 Å². The molecule has 3 saturated heterocycles. The first kappa shape index (κ1) is 27.4. The van der Waals surface area contributed by atoms with E-state index in [-0.39, 0.29) is 12.3 Å². The minimum absolute atomic E-state index is 0.0574. The summed E-state index contributed by atoms with van der Waals surface area (Å²) in [6.45, 7) is 15.2. The van der Waals surface area contributed by atoms with Crippen LogP contribution in [0.5, 0.6) is 0 Å². The van der Waals surface area contributed by atoms with E-state index in [1.807, 2.05) is 58.0 Å². The van der Waals surface area contributed by atoms with E-state index in [4.69, 9.17) is 23.7 Å². The van der Waals surface area contributed by atoms with Crippen molar-refractivity contribution in [1.29, 1.82) is 0 Å². The van der Waals surface area contributed by atoms with Gasteiger partial charge in [-0.1, -0.05) is 63.8 Å². The summed E-state index contributed by atoms with van der Waals surface area (Å²) in [5.74, 6) is -4.94. The molecule has 2 saturated carbocycles. The van der Waals surface area contributed by atoms with E-state index >= 15 is 0 Å². The number of fused-ring (bicyclic) bond motifs is 3. The third-order valence-electron chi connectivity index (χ3n) is 10.7. The molecule has 9 heteroatoms. The summed E-state index contributed by atoms with van der Waals surface area (Å²) in [6.07, 6.45) is -2.01. The van der Waals surface area contributed by atoms with Gasteiger partial charge in [-0.15, -0.1) is 0 Å². The molecular formula is C32H38O9. The predicted octanol–water partition coefficient (Wildman–Crippen LogP) is 2.93. The fourth-order valence-corrected chi connectivity index (χ4v) is 8.77. The minimum atomic E-state index is -2.24. The van der Waals surface area contributed by atoms with Gasteiger partial charge in [-0.3, -0.25) is 9.59 Å². The van der Waals surface area contributed by atoms with Crippen molar-refractivity contribution in [2.24, 2.45) is 23.7 Å². The molecule has 1 aromatic rings. The number of esters is 1. The Morgan fingerprint density at radius 1 is 1.15 bits per heavy atom. The Hall–Kier alpha value is -2.40. The highest BCUT2D eigenvalue weighted by molar-refractivity contribution is 6.05. The number of epoxide rings is 1. The fraction of sp³-hybridized carbons (Fsp3) is 0.625. The second-order valence-corrected chi connectivity index (χ2v) is 13.5. The highest BCUT2D eigenvalue weighted by Gasteiger charge is 2.90. The number of carbonyl (C=O) groups excluding carboxylic acids is 2. The first-order valence-corrected chi connectivity index (χ1v) is 14.5. The largest absolute Gasteiger partial charge is 0.458 e. The molecule has 0 unspecified atom stereocenters. The van der Waals surface area contributed by atoms with E-state index in [2.05, 4.69) is 6.58 Å². The monoisotopic (exact) mass is 566 g/mol. The number of aliphatic hydroxyl groups excluding tert-OH is 1. The molecular weight excluding hydrogens is 528 g/mol. The number of hydrogen-bond acceptors (Lipinski definition) is 9. The molecule has 220 valence electrons.